The Morgan fingerprint density at radius 2 is 1.83 bits per heavy atom. The Hall–Kier alpha value is -4.60. The molecule has 16 heteroatoms. The average molecular weight is 581 g/mol. The van der Waals surface area contributed by atoms with Crippen LogP contribution in [0.1, 0.15) is 0 Å². The number of hydrogen-bond acceptors (Lipinski definition) is 9. The molecule has 1 N–H and O–H groups in total. The van der Waals surface area contributed by atoms with Crippen LogP contribution in [0.2, 0.25) is 0 Å². The minimum absolute atomic E-state index is 0.109. The van der Waals surface area contributed by atoms with Crippen molar-refractivity contribution in [2.45, 2.75) is 12.7 Å². The number of methoxy groups -OCH3 is 1. The van der Waals surface area contributed by atoms with Gasteiger partial charge in [-0.05, 0) is 26.2 Å². The fourth-order valence-corrected chi connectivity index (χ4v) is 4.09. The van der Waals surface area contributed by atoms with Crippen LogP contribution in [0.4, 0.5) is 45.0 Å². The Bertz CT molecular complexity index is 1590. The summed E-state index contributed by atoms with van der Waals surface area (Å²) in [7, 11) is 6.81. The third-order valence-electron chi connectivity index (χ3n) is 6.03. The van der Waals surface area contributed by atoms with Gasteiger partial charge in [-0.25, -0.2) is 23.7 Å². The number of rotatable bonds is 10. The van der Waals surface area contributed by atoms with E-state index in [4.69, 9.17) is 4.74 Å². The first kappa shape index (κ1) is 29.4. The Labute approximate surface area is 230 Å². The molecule has 4 aromatic rings. The third-order valence-corrected chi connectivity index (χ3v) is 6.03. The Morgan fingerprint density at radius 1 is 1.10 bits per heavy atom. The first-order valence-corrected chi connectivity index (χ1v) is 12.0. The van der Waals surface area contributed by atoms with Crippen molar-refractivity contribution >= 4 is 34.0 Å². The fourth-order valence-electron chi connectivity index (χ4n) is 4.09. The number of likely N-dealkylation sites (N-methyl/N-ethyl adjacent to an activating group) is 2. The molecule has 0 aliphatic carbocycles. The van der Waals surface area contributed by atoms with Crippen LogP contribution in [0.5, 0.6) is 5.75 Å². The molecule has 0 unspecified atom stereocenters. The van der Waals surface area contributed by atoms with E-state index < -0.39 is 40.3 Å². The van der Waals surface area contributed by atoms with E-state index in [0.717, 1.165) is 6.07 Å². The van der Waals surface area contributed by atoms with Crippen LogP contribution in [-0.4, -0.2) is 76.9 Å². The van der Waals surface area contributed by atoms with Crippen LogP contribution in [0.3, 0.4) is 0 Å². The second-order valence-electron chi connectivity index (χ2n) is 9.31. The van der Waals surface area contributed by atoms with Crippen molar-refractivity contribution in [3.8, 4) is 17.3 Å². The van der Waals surface area contributed by atoms with Crippen LogP contribution in [-0.2, 0) is 6.54 Å². The van der Waals surface area contributed by atoms with Gasteiger partial charge in [0.2, 0.25) is 5.95 Å². The van der Waals surface area contributed by atoms with E-state index in [1.54, 1.807) is 11.9 Å². The molecule has 0 atom stereocenters. The van der Waals surface area contributed by atoms with E-state index in [9.17, 15) is 32.1 Å². The molecular formula is C25H25F5N8O3. The maximum Gasteiger partial charge on any atom is 0.406 e. The number of nitrogens with zero attached hydrogens (tertiary/aromatic N) is 7. The van der Waals surface area contributed by atoms with Crippen molar-refractivity contribution in [2.75, 3.05) is 51.6 Å². The standard InChI is InChI=1S/C25H25F5N8O3/c1-35(2)7-8-36(3)18-12-21(41-4)17(11-19(18)38(39)40)33-24-31-6-5-16(32-24)23-34-22-15(27)9-14(26)10-20(22)37(23)13-25(28,29)30/h5-6,9-12H,7-8,13H2,1-4H3,(H,31,32,33). The highest BCUT2D eigenvalue weighted by Gasteiger charge is 2.32. The van der Waals surface area contributed by atoms with E-state index in [2.05, 4.69) is 20.3 Å². The van der Waals surface area contributed by atoms with Crippen molar-refractivity contribution in [2.24, 2.45) is 0 Å². The summed E-state index contributed by atoms with van der Waals surface area (Å²) in [5.41, 5.74) is -0.854. The molecule has 0 saturated carbocycles. The largest absolute Gasteiger partial charge is 0.494 e. The summed E-state index contributed by atoms with van der Waals surface area (Å²) in [6.07, 6.45) is -3.53. The highest BCUT2D eigenvalue weighted by molar-refractivity contribution is 5.81. The van der Waals surface area contributed by atoms with Crippen LogP contribution >= 0.6 is 0 Å². The molecule has 41 heavy (non-hydrogen) atoms. The molecule has 218 valence electrons. The molecule has 2 aromatic carbocycles. The molecule has 2 heterocycles. The number of fused-ring (bicyclic) bond motifs is 1. The molecule has 2 aromatic heterocycles. The van der Waals surface area contributed by atoms with Crippen LogP contribution in [0.15, 0.2) is 36.5 Å². The average Bonchev–Trinajstić information content (AvgIpc) is 3.24. The molecule has 0 spiro atoms. The van der Waals surface area contributed by atoms with Gasteiger partial charge in [-0.1, -0.05) is 0 Å². The van der Waals surface area contributed by atoms with Gasteiger partial charge in [-0.2, -0.15) is 13.2 Å². The second-order valence-corrected chi connectivity index (χ2v) is 9.31. The number of nitro benzene ring substituents is 1. The maximum atomic E-state index is 14.4. The fraction of sp³-hybridized carbons (Fsp3) is 0.320. The molecule has 4 rings (SSSR count). The van der Waals surface area contributed by atoms with Gasteiger partial charge in [0.15, 0.2) is 11.6 Å². The second kappa shape index (κ2) is 11.5. The van der Waals surface area contributed by atoms with Crippen molar-refractivity contribution in [3.63, 3.8) is 0 Å². The summed E-state index contributed by atoms with van der Waals surface area (Å²) in [5, 5.41) is 14.7. The first-order chi connectivity index (χ1) is 19.3. The van der Waals surface area contributed by atoms with Gasteiger partial charge in [0.1, 0.15) is 35.0 Å². The van der Waals surface area contributed by atoms with E-state index in [1.165, 1.54) is 31.5 Å². The molecule has 11 nitrogen and oxygen atoms in total. The lowest BCUT2D eigenvalue weighted by Crippen LogP contribution is -2.28. The molecule has 0 radical (unpaired) electrons. The number of anilines is 3. The Balaban J connectivity index is 1.76. The maximum absolute atomic E-state index is 14.4. The number of halogens is 5. The number of benzene rings is 2. The predicted octanol–water partition coefficient (Wildman–Crippen LogP) is 4.99. The number of hydrogen-bond donors (Lipinski definition) is 1. The predicted molar refractivity (Wildman–Crippen MR) is 141 cm³/mol. The van der Waals surface area contributed by atoms with Gasteiger partial charge >= 0.3 is 6.18 Å². The van der Waals surface area contributed by atoms with E-state index in [1.807, 2.05) is 19.0 Å². The molecule has 0 aliphatic rings. The summed E-state index contributed by atoms with van der Waals surface area (Å²) < 4.78 is 74.6. The minimum atomic E-state index is -4.74. The molecule has 0 saturated heterocycles. The number of imidazole rings is 1. The van der Waals surface area contributed by atoms with Crippen molar-refractivity contribution in [3.05, 3.63) is 58.3 Å². The SMILES string of the molecule is COc1cc(N(C)CCN(C)C)c([N+](=O)[O-])cc1Nc1nccc(-c2nc3c(F)cc(F)cc3n2CC(F)(F)F)n1. The van der Waals surface area contributed by atoms with Gasteiger partial charge in [-0.15, -0.1) is 0 Å². The Kier molecular flexibility index (Phi) is 8.23. The summed E-state index contributed by atoms with van der Waals surface area (Å²) in [6.45, 7) is -0.470. The van der Waals surface area contributed by atoms with Crippen molar-refractivity contribution < 1.29 is 31.6 Å². The molecule has 0 bridgehead atoms. The normalized spacial score (nSPS) is 11.8. The van der Waals surface area contributed by atoms with Gasteiger partial charge in [0, 0.05) is 44.5 Å². The topological polar surface area (TPSA) is 114 Å². The van der Waals surface area contributed by atoms with Gasteiger partial charge in [-0.3, -0.25) is 10.1 Å². The zero-order valence-corrected chi connectivity index (χ0v) is 22.3. The first-order valence-electron chi connectivity index (χ1n) is 12.0. The quantitative estimate of drug-likeness (QED) is 0.157. The van der Waals surface area contributed by atoms with Crippen molar-refractivity contribution in [1.82, 2.24) is 24.4 Å². The van der Waals surface area contributed by atoms with Crippen molar-refractivity contribution in [1.29, 1.82) is 0 Å². The summed E-state index contributed by atoms with van der Waals surface area (Å²) in [4.78, 5) is 27.2. The van der Waals surface area contributed by atoms with E-state index in [0.29, 0.717) is 29.4 Å². The zero-order valence-electron chi connectivity index (χ0n) is 22.3. The molecule has 0 amide bonds. The lowest BCUT2D eigenvalue weighted by atomic mass is 10.2. The minimum Gasteiger partial charge on any atom is -0.494 e. The number of alkyl halides is 3. The van der Waals surface area contributed by atoms with Crippen LogP contribution < -0.4 is 15.0 Å². The summed E-state index contributed by atoms with van der Waals surface area (Å²) in [6, 6.07) is 5.22. The van der Waals surface area contributed by atoms with Crippen LogP contribution in [0.25, 0.3) is 22.6 Å². The number of aromatic nitrogens is 4. The van der Waals surface area contributed by atoms with Gasteiger partial charge in [0.25, 0.3) is 5.69 Å². The Morgan fingerprint density at radius 3 is 2.46 bits per heavy atom. The van der Waals surface area contributed by atoms with E-state index >= 15 is 0 Å². The molecule has 0 fully saturated rings. The number of nitro groups is 1. The lowest BCUT2D eigenvalue weighted by Gasteiger charge is -2.22. The molecule has 0 aliphatic heterocycles. The lowest BCUT2D eigenvalue weighted by molar-refractivity contribution is -0.384. The highest BCUT2D eigenvalue weighted by Crippen LogP contribution is 2.39. The molecular weight excluding hydrogens is 555 g/mol. The van der Waals surface area contributed by atoms with Crippen LogP contribution in [0, 0.1) is 21.7 Å². The smallest absolute Gasteiger partial charge is 0.406 e. The number of nitrogens with one attached hydrogen (secondary N) is 1. The monoisotopic (exact) mass is 580 g/mol. The zero-order chi connectivity index (χ0) is 30.1. The summed E-state index contributed by atoms with van der Waals surface area (Å²) >= 11 is 0. The summed E-state index contributed by atoms with van der Waals surface area (Å²) in [5.74, 6) is -2.55. The van der Waals surface area contributed by atoms with Gasteiger partial charge in [0.05, 0.1) is 23.2 Å². The van der Waals surface area contributed by atoms with E-state index in [-0.39, 0.29) is 34.6 Å². The van der Waals surface area contributed by atoms with Gasteiger partial charge < -0.3 is 24.4 Å². The third kappa shape index (κ3) is 6.59. The highest BCUT2D eigenvalue weighted by atomic mass is 19.4. The number of ether oxygens (including phenoxy) is 1.